The van der Waals surface area contributed by atoms with E-state index in [0.29, 0.717) is 0 Å². The second-order valence-electron chi connectivity index (χ2n) is 0. The average Bonchev–Trinajstić information content (AvgIpc) is 1.00. The van der Waals surface area contributed by atoms with Crippen LogP contribution in [0.5, 0.6) is 0 Å². The van der Waals surface area contributed by atoms with E-state index in [9.17, 15) is 0 Å². The van der Waals surface area contributed by atoms with Crippen molar-refractivity contribution in [3.63, 3.8) is 0 Å². The van der Waals surface area contributed by atoms with Gasteiger partial charge in [-0.2, -0.15) is 6.92 Å². The molecule has 0 rings (SSSR count). The van der Waals surface area contributed by atoms with E-state index in [1.165, 1.54) is 0 Å². The molecule has 0 amide bonds. The molecule has 0 nitrogen and oxygen atoms in total. The van der Waals surface area contributed by atoms with Gasteiger partial charge in [-0.1, -0.05) is 14.9 Å². The van der Waals surface area contributed by atoms with Gasteiger partial charge in [-0.3, -0.25) is 0 Å². The van der Waals surface area contributed by atoms with Gasteiger partial charge in [0.2, 0.25) is 0 Å². The van der Waals surface area contributed by atoms with E-state index in [-0.39, 0.29) is 47.6 Å². The van der Waals surface area contributed by atoms with Crippen molar-refractivity contribution in [2.45, 2.75) is 21.8 Å². The molecule has 0 aliphatic rings. The molecule has 0 heterocycles. The van der Waals surface area contributed by atoms with Gasteiger partial charge in [0.05, 0.1) is 0 Å². The van der Waals surface area contributed by atoms with Crippen molar-refractivity contribution in [1.29, 1.82) is 0 Å². The molecule has 1 heteroatoms. The molecule has 0 unspecified atom stereocenters. The molecule has 0 aliphatic carbocycles. The summed E-state index contributed by atoms with van der Waals surface area (Å²) < 4.78 is 0. The minimum atomic E-state index is 0. The van der Waals surface area contributed by atoms with E-state index in [4.69, 9.17) is 0 Å². The van der Waals surface area contributed by atoms with Crippen molar-refractivity contribution in [1.82, 2.24) is 0 Å². The number of rotatable bonds is 0. The van der Waals surface area contributed by atoms with Crippen LogP contribution in [0.25, 0.3) is 0 Å². The van der Waals surface area contributed by atoms with Crippen LogP contribution in [-0.4, -0.2) is 0 Å². The van der Waals surface area contributed by atoms with Crippen LogP contribution in [0.15, 0.2) is 0 Å². The van der Waals surface area contributed by atoms with Gasteiger partial charge in [-0.25, -0.2) is 0 Å². The van der Waals surface area contributed by atoms with E-state index in [1.807, 2.05) is 0 Å². The fraction of sp³-hybridized carbons (Fsp3) is 0.750. The van der Waals surface area contributed by atoms with Gasteiger partial charge in [-0.05, 0) is 0 Å². The Morgan fingerprint density at radius 3 is 1.00 bits per heavy atom. The van der Waals surface area contributed by atoms with Gasteiger partial charge >= 0.3 is 0 Å². The molecule has 0 saturated carbocycles. The van der Waals surface area contributed by atoms with Crippen LogP contribution in [-0.2, 0) is 32.7 Å². The summed E-state index contributed by atoms with van der Waals surface area (Å²) >= 11 is 0. The Labute approximate surface area is 61.2 Å². The maximum Gasteiger partial charge on any atom is 0 e. The maximum atomic E-state index is 3.25. The van der Waals surface area contributed by atoms with E-state index in [2.05, 4.69) is 6.92 Å². The zero-order valence-electron chi connectivity index (χ0n) is 2.28. The summed E-state index contributed by atoms with van der Waals surface area (Å²) in [6.45, 7) is 5.00. The molecule has 0 bridgehead atoms. The van der Waals surface area contributed by atoms with Gasteiger partial charge in [0.25, 0.3) is 0 Å². The molecule has 0 fully saturated rings. The minimum absolute atomic E-state index is 0. The Bertz CT molecular complexity index is 3.61. The molecule has 1 radical (unpaired) electrons. The van der Waals surface area contributed by atoms with E-state index in [0.717, 1.165) is 0 Å². The van der Waals surface area contributed by atoms with Crippen molar-refractivity contribution in [3.05, 3.63) is 6.92 Å². The SMILES string of the molecule is C.C.[CH2-]C.[Y]. The molecular formula is C4H13Y-. The van der Waals surface area contributed by atoms with Crippen LogP contribution < -0.4 is 0 Å². The van der Waals surface area contributed by atoms with Crippen molar-refractivity contribution in [3.8, 4) is 0 Å². The summed E-state index contributed by atoms with van der Waals surface area (Å²) in [5, 5.41) is 0. The predicted octanol–water partition coefficient (Wildman–Crippen LogP) is 2.11. The summed E-state index contributed by atoms with van der Waals surface area (Å²) in [7, 11) is 0. The molecule has 0 N–H and O–H groups in total. The second kappa shape index (κ2) is 70.5. The van der Waals surface area contributed by atoms with Gasteiger partial charge in [0.1, 0.15) is 0 Å². The molecule has 0 spiro atoms. The predicted molar refractivity (Wildman–Crippen MR) is 24.5 cm³/mol. The third kappa shape index (κ3) is 40.4. The fourth-order valence-corrected chi connectivity index (χ4v) is 0. The standard InChI is InChI=1S/C2H5.2CH4.Y/c1-2;;;/h1H2,2H3;2*1H4;/q-1;;;. The normalized spacial score (nSPS) is 1.20. The molecule has 0 aromatic heterocycles. The van der Waals surface area contributed by atoms with E-state index >= 15 is 0 Å². The summed E-state index contributed by atoms with van der Waals surface area (Å²) in [5.41, 5.74) is 0. The minimum Gasteiger partial charge on any atom is -0.346 e. The monoisotopic (exact) mass is 150 g/mol. The van der Waals surface area contributed by atoms with Crippen LogP contribution in [0.1, 0.15) is 21.8 Å². The summed E-state index contributed by atoms with van der Waals surface area (Å²) in [5.74, 6) is 0. The second-order valence-corrected chi connectivity index (χ2v) is 0. The van der Waals surface area contributed by atoms with Gasteiger partial charge in [0.15, 0.2) is 0 Å². The van der Waals surface area contributed by atoms with Gasteiger partial charge in [-0.15, -0.1) is 0 Å². The molecule has 5 heavy (non-hydrogen) atoms. The topological polar surface area (TPSA) is 0 Å². The molecular weight excluding hydrogens is 137 g/mol. The van der Waals surface area contributed by atoms with E-state index in [1.54, 1.807) is 6.92 Å². The van der Waals surface area contributed by atoms with E-state index < -0.39 is 0 Å². The summed E-state index contributed by atoms with van der Waals surface area (Å²) in [6.07, 6.45) is 0. The molecule has 0 aromatic rings. The van der Waals surface area contributed by atoms with Crippen LogP contribution in [0.2, 0.25) is 0 Å². The van der Waals surface area contributed by atoms with Crippen LogP contribution in [0.3, 0.4) is 0 Å². The van der Waals surface area contributed by atoms with Crippen LogP contribution in [0, 0.1) is 6.92 Å². The zero-order valence-corrected chi connectivity index (χ0v) is 5.12. The Kier molecular flexibility index (Phi) is 507. The number of hydrogen-bond donors (Lipinski definition) is 0. The first-order chi connectivity index (χ1) is 1.00. The Morgan fingerprint density at radius 2 is 1.00 bits per heavy atom. The van der Waals surface area contributed by atoms with Crippen LogP contribution in [0.4, 0.5) is 0 Å². The maximum absolute atomic E-state index is 3.25. The first kappa shape index (κ1) is 35.9. The van der Waals surface area contributed by atoms with Crippen molar-refractivity contribution >= 4 is 0 Å². The Hall–Kier alpha value is 1.10. The van der Waals surface area contributed by atoms with Crippen LogP contribution >= 0.6 is 0 Å². The quantitative estimate of drug-likeness (QED) is 0.464. The molecule has 0 saturated heterocycles. The zero-order chi connectivity index (χ0) is 2.00. The third-order valence-electron chi connectivity index (χ3n) is 0. The molecule has 0 aliphatic heterocycles. The van der Waals surface area contributed by atoms with Crippen molar-refractivity contribution < 1.29 is 32.7 Å². The van der Waals surface area contributed by atoms with Gasteiger partial charge < -0.3 is 6.92 Å². The fourth-order valence-electron chi connectivity index (χ4n) is 0. The van der Waals surface area contributed by atoms with Crippen molar-refractivity contribution in [2.75, 3.05) is 0 Å². The largest absolute Gasteiger partial charge is 0.346 e. The van der Waals surface area contributed by atoms with Crippen molar-refractivity contribution in [2.24, 2.45) is 0 Å². The molecule has 0 atom stereocenters. The summed E-state index contributed by atoms with van der Waals surface area (Å²) in [6, 6.07) is 0. The Morgan fingerprint density at radius 1 is 1.00 bits per heavy atom. The molecule has 33 valence electrons. The third-order valence-corrected chi connectivity index (χ3v) is 0. The van der Waals surface area contributed by atoms with Gasteiger partial charge in [0, 0.05) is 32.7 Å². The smallest absolute Gasteiger partial charge is 0 e. The summed E-state index contributed by atoms with van der Waals surface area (Å²) in [4.78, 5) is 0. The molecule has 0 aromatic carbocycles. The number of hydrogen-bond acceptors (Lipinski definition) is 0. The Balaban J connectivity index is -0.00000000167. The first-order valence-electron chi connectivity index (χ1n) is 0.707. The average molecular weight is 150 g/mol. The first-order valence-corrected chi connectivity index (χ1v) is 0.707.